The number of hydrogen-bond donors (Lipinski definition) is 2. The van der Waals surface area contributed by atoms with Gasteiger partial charge in [-0.2, -0.15) is 0 Å². The summed E-state index contributed by atoms with van der Waals surface area (Å²) in [4.78, 5) is 9.65. The van der Waals surface area contributed by atoms with Crippen LogP contribution < -0.4 is 10.9 Å². The van der Waals surface area contributed by atoms with Crippen molar-refractivity contribution < 1.29 is 10.0 Å². The SMILES string of the molecule is CN(N)c1ccc([N+](=O)[O-])c(O)c1. The van der Waals surface area contributed by atoms with Crippen molar-refractivity contribution in [2.45, 2.75) is 0 Å². The molecule has 0 heterocycles. The maximum Gasteiger partial charge on any atom is 0.310 e. The van der Waals surface area contributed by atoms with Gasteiger partial charge in [0.1, 0.15) is 0 Å². The smallest absolute Gasteiger partial charge is 0.310 e. The third-order valence-electron chi connectivity index (χ3n) is 1.56. The molecule has 0 atom stereocenters. The molecule has 13 heavy (non-hydrogen) atoms. The zero-order valence-corrected chi connectivity index (χ0v) is 6.97. The summed E-state index contributed by atoms with van der Waals surface area (Å²) in [5, 5.41) is 20.7. The van der Waals surface area contributed by atoms with Gasteiger partial charge in [-0.3, -0.25) is 10.1 Å². The average molecular weight is 183 g/mol. The topological polar surface area (TPSA) is 92.6 Å². The second-order valence-corrected chi connectivity index (χ2v) is 2.54. The number of phenols is 1. The number of nitro groups is 1. The van der Waals surface area contributed by atoms with Crippen molar-refractivity contribution in [3.05, 3.63) is 28.3 Å². The molecule has 0 fully saturated rings. The van der Waals surface area contributed by atoms with Crippen LogP contribution in [0.1, 0.15) is 0 Å². The summed E-state index contributed by atoms with van der Waals surface area (Å²) in [6, 6.07) is 3.89. The van der Waals surface area contributed by atoms with E-state index in [1.165, 1.54) is 23.2 Å². The van der Waals surface area contributed by atoms with Crippen LogP contribution in [0.4, 0.5) is 11.4 Å². The van der Waals surface area contributed by atoms with Crippen molar-refractivity contribution in [2.75, 3.05) is 12.1 Å². The van der Waals surface area contributed by atoms with E-state index >= 15 is 0 Å². The van der Waals surface area contributed by atoms with Crippen LogP contribution in [0.2, 0.25) is 0 Å². The second kappa shape index (κ2) is 3.28. The number of anilines is 1. The molecule has 0 unspecified atom stereocenters. The van der Waals surface area contributed by atoms with Gasteiger partial charge in [-0.1, -0.05) is 0 Å². The van der Waals surface area contributed by atoms with Crippen molar-refractivity contribution in [1.82, 2.24) is 0 Å². The van der Waals surface area contributed by atoms with E-state index in [1.807, 2.05) is 0 Å². The van der Waals surface area contributed by atoms with Gasteiger partial charge < -0.3 is 10.1 Å². The van der Waals surface area contributed by atoms with Gasteiger partial charge in [-0.25, -0.2) is 5.84 Å². The molecule has 6 heteroatoms. The molecule has 70 valence electrons. The predicted octanol–water partition coefficient (Wildman–Crippen LogP) is 0.610. The molecule has 0 aliphatic heterocycles. The van der Waals surface area contributed by atoms with E-state index in [9.17, 15) is 15.2 Å². The van der Waals surface area contributed by atoms with Crippen LogP contribution in [0, 0.1) is 10.1 Å². The Balaban J connectivity index is 3.13. The third-order valence-corrected chi connectivity index (χ3v) is 1.56. The Morgan fingerprint density at radius 2 is 2.23 bits per heavy atom. The van der Waals surface area contributed by atoms with E-state index < -0.39 is 4.92 Å². The predicted molar refractivity (Wildman–Crippen MR) is 47.4 cm³/mol. The summed E-state index contributed by atoms with van der Waals surface area (Å²) in [5.41, 5.74) is 0.175. The summed E-state index contributed by atoms with van der Waals surface area (Å²) in [5.74, 6) is 4.97. The Morgan fingerprint density at radius 1 is 1.62 bits per heavy atom. The Kier molecular flexibility index (Phi) is 2.34. The highest BCUT2D eigenvalue weighted by molar-refractivity contribution is 5.57. The first-order chi connectivity index (χ1) is 6.02. The second-order valence-electron chi connectivity index (χ2n) is 2.54. The van der Waals surface area contributed by atoms with E-state index in [0.29, 0.717) is 5.69 Å². The maximum atomic E-state index is 10.3. The molecule has 3 N–H and O–H groups in total. The van der Waals surface area contributed by atoms with Gasteiger partial charge in [0.2, 0.25) is 0 Å². The van der Waals surface area contributed by atoms with Crippen LogP contribution in [-0.4, -0.2) is 17.1 Å². The molecule has 0 amide bonds. The summed E-state index contributed by atoms with van der Waals surface area (Å²) in [6.07, 6.45) is 0. The first kappa shape index (κ1) is 9.27. The molecule has 1 aromatic carbocycles. The van der Waals surface area contributed by atoms with E-state index in [0.717, 1.165) is 0 Å². The van der Waals surface area contributed by atoms with E-state index in [4.69, 9.17) is 5.84 Å². The van der Waals surface area contributed by atoms with Gasteiger partial charge in [0.25, 0.3) is 0 Å². The number of hydrogen-bond acceptors (Lipinski definition) is 5. The Labute approximate surface area is 74.3 Å². The molecular formula is C7H9N3O3. The molecule has 1 aromatic rings. The van der Waals surface area contributed by atoms with Crippen LogP contribution in [0.25, 0.3) is 0 Å². The molecule has 0 saturated heterocycles. The van der Waals surface area contributed by atoms with Crippen molar-refractivity contribution >= 4 is 11.4 Å². The largest absolute Gasteiger partial charge is 0.502 e. The quantitative estimate of drug-likeness (QED) is 0.398. The number of rotatable bonds is 2. The molecule has 1 rings (SSSR count). The number of phenolic OH excluding ortho intramolecular Hbond substituents is 1. The van der Waals surface area contributed by atoms with E-state index in [2.05, 4.69) is 0 Å². The number of nitrogens with zero attached hydrogens (tertiary/aromatic N) is 2. The fourth-order valence-electron chi connectivity index (χ4n) is 0.886. The lowest BCUT2D eigenvalue weighted by Gasteiger charge is -2.11. The minimum Gasteiger partial charge on any atom is -0.502 e. The van der Waals surface area contributed by atoms with Crippen molar-refractivity contribution in [3.8, 4) is 5.75 Å². The van der Waals surface area contributed by atoms with Crippen molar-refractivity contribution in [2.24, 2.45) is 5.84 Å². The molecular weight excluding hydrogens is 174 g/mol. The Hall–Kier alpha value is -1.82. The molecule has 6 nitrogen and oxygen atoms in total. The fraction of sp³-hybridized carbons (Fsp3) is 0.143. The van der Waals surface area contributed by atoms with E-state index in [1.54, 1.807) is 7.05 Å². The third kappa shape index (κ3) is 1.85. The number of benzene rings is 1. The van der Waals surface area contributed by atoms with Crippen LogP contribution >= 0.6 is 0 Å². The number of nitrogens with two attached hydrogens (primary N) is 1. The minimum atomic E-state index is -0.657. The van der Waals surface area contributed by atoms with Crippen LogP contribution in [-0.2, 0) is 0 Å². The molecule has 0 radical (unpaired) electrons. The highest BCUT2D eigenvalue weighted by Crippen LogP contribution is 2.28. The summed E-state index contributed by atoms with van der Waals surface area (Å²) >= 11 is 0. The standard InChI is InChI=1S/C7H9N3O3/c1-9(8)5-2-3-6(10(12)13)7(11)4-5/h2-4,11H,8H2,1H3. The summed E-state index contributed by atoms with van der Waals surface area (Å²) in [7, 11) is 1.57. The lowest BCUT2D eigenvalue weighted by Crippen LogP contribution is -2.24. The number of hydrazine groups is 1. The lowest BCUT2D eigenvalue weighted by atomic mass is 10.2. The Bertz CT molecular complexity index is 338. The average Bonchev–Trinajstić information content (AvgIpc) is 2.03. The molecule has 0 aliphatic rings. The molecule has 0 aliphatic carbocycles. The van der Waals surface area contributed by atoms with Crippen LogP contribution in [0.15, 0.2) is 18.2 Å². The normalized spacial score (nSPS) is 9.69. The van der Waals surface area contributed by atoms with Crippen molar-refractivity contribution in [1.29, 1.82) is 0 Å². The molecule has 0 spiro atoms. The Morgan fingerprint density at radius 3 is 2.62 bits per heavy atom. The van der Waals surface area contributed by atoms with E-state index in [-0.39, 0.29) is 11.4 Å². The highest BCUT2D eigenvalue weighted by atomic mass is 16.6. The van der Waals surface area contributed by atoms with Gasteiger partial charge in [-0.05, 0) is 6.07 Å². The summed E-state index contributed by atoms with van der Waals surface area (Å²) < 4.78 is 0. The molecule has 0 bridgehead atoms. The van der Waals surface area contributed by atoms with Crippen LogP contribution in [0.3, 0.4) is 0 Å². The number of nitro benzene ring substituents is 1. The van der Waals surface area contributed by atoms with Gasteiger partial charge >= 0.3 is 5.69 Å². The lowest BCUT2D eigenvalue weighted by molar-refractivity contribution is -0.385. The van der Waals surface area contributed by atoms with Gasteiger partial charge in [0.05, 0.1) is 10.6 Å². The van der Waals surface area contributed by atoms with Gasteiger partial charge in [-0.15, -0.1) is 0 Å². The number of aromatic hydroxyl groups is 1. The fourth-order valence-corrected chi connectivity index (χ4v) is 0.886. The van der Waals surface area contributed by atoms with Crippen molar-refractivity contribution in [3.63, 3.8) is 0 Å². The zero-order valence-electron chi connectivity index (χ0n) is 6.97. The monoisotopic (exact) mass is 183 g/mol. The minimum absolute atomic E-state index is 0.328. The van der Waals surface area contributed by atoms with Gasteiger partial charge in [0.15, 0.2) is 5.75 Å². The highest BCUT2D eigenvalue weighted by Gasteiger charge is 2.13. The van der Waals surface area contributed by atoms with Gasteiger partial charge in [0, 0.05) is 19.2 Å². The first-order valence-corrected chi connectivity index (χ1v) is 3.48. The maximum absolute atomic E-state index is 10.3. The first-order valence-electron chi connectivity index (χ1n) is 3.48. The summed E-state index contributed by atoms with van der Waals surface area (Å²) in [6.45, 7) is 0. The van der Waals surface area contributed by atoms with Crippen LogP contribution in [0.5, 0.6) is 5.75 Å². The molecule has 0 aromatic heterocycles. The molecule has 0 saturated carbocycles. The zero-order chi connectivity index (χ0) is 10.0.